The van der Waals surface area contributed by atoms with Gasteiger partial charge in [-0.05, 0) is 12.5 Å². The quantitative estimate of drug-likeness (QED) is 0.828. The molecule has 1 spiro atoms. The van der Waals surface area contributed by atoms with Gasteiger partial charge in [-0.1, -0.05) is 35.0 Å². The third-order valence-corrected chi connectivity index (χ3v) is 4.87. The fraction of sp³-hybridized carbons (Fsp3) is 0.556. The van der Waals surface area contributed by atoms with Crippen molar-refractivity contribution < 1.29 is 22.8 Å². The summed E-state index contributed by atoms with van der Waals surface area (Å²) >= 11 is 0. The smallest absolute Gasteiger partial charge is 0.388 e. The summed E-state index contributed by atoms with van der Waals surface area (Å²) in [4.78, 5) is 19.1. The Labute approximate surface area is 144 Å². The normalized spacial score (nSPS) is 19.7. The van der Waals surface area contributed by atoms with Crippen LogP contribution in [-0.2, 0) is 9.63 Å². The third-order valence-electron chi connectivity index (χ3n) is 4.87. The van der Waals surface area contributed by atoms with E-state index in [9.17, 15) is 18.0 Å². The lowest BCUT2D eigenvalue weighted by atomic mass is 9.85. The van der Waals surface area contributed by atoms with E-state index in [1.807, 2.05) is 31.2 Å². The number of halogens is 3. The van der Waals surface area contributed by atoms with Crippen molar-refractivity contribution in [1.29, 1.82) is 0 Å². The molecule has 3 rings (SSSR count). The Hall–Kier alpha value is -2.05. The first-order valence-corrected chi connectivity index (χ1v) is 8.43. The zero-order chi connectivity index (χ0) is 18.1. The lowest BCUT2D eigenvalue weighted by Gasteiger charge is -2.37. The highest BCUT2D eigenvalue weighted by molar-refractivity contribution is 6.01. The fourth-order valence-corrected chi connectivity index (χ4v) is 3.26. The first kappa shape index (κ1) is 17.8. The molecule has 0 aromatic heterocycles. The highest BCUT2D eigenvalue weighted by atomic mass is 19.4. The molecule has 0 radical (unpaired) electrons. The maximum Gasteiger partial charge on any atom is 0.389 e. The fourth-order valence-electron chi connectivity index (χ4n) is 3.26. The molecule has 1 aromatic rings. The van der Waals surface area contributed by atoms with Crippen molar-refractivity contribution in [3.63, 3.8) is 0 Å². The van der Waals surface area contributed by atoms with Gasteiger partial charge >= 0.3 is 6.18 Å². The number of carbonyl (C=O) groups excluding carboxylic acids is 1. The van der Waals surface area contributed by atoms with E-state index in [0.29, 0.717) is 32.4 Å². The Kier molecular flexibility index (Phi) is 4.75. The molecule has 2 heterocycles. The molecule has 0 bridgehead atoms. The molecule has 0 aliphatic carbocycles. The van der Waals surface area contributed by atoms with Gasteiger partial charge in [-0.25, -0.2) is 0 Å². The summed E-state index contributed by atoms with van der Waals surface area (Å²) in [5.74, 6) is -0.440. The summed E-state index contributed by atoms with van der Waals surface area (Å²) in [6.07, 6.45) is -4.00. The number of hydrogen-bond donors (Lipinski definition) is 0. The van der Waals surface area contributed by atoms with Crippen LogP contribution < -0.4 is 0 Å². The van der Waals surface area contributed by atoms with Crippen LogP contribution in [0.2, 0.25) is 0 Å². The molecular formula is C18H21F3N2O2. The molecule has 1 amide bonds. The summed E-state index contributed by atoms with van der Waals surface area (Å²) in [5.41, 5.74) is 2.65. The minimum atomic E-state index is -4.29. The topological polar surface area (TPSA) is 41.9 Å². The van der Waals surface area contributed by atoms with Crippen LogP contribution in [0.4, 0.5) is 13.2 Å². The van der Waals surface area contributed by atoms with E-state index in [2.05, 4.69) is 5.16 Å². The lowest BCUT2D eigenvalue weighted by Crippen LogP contribution is -2.47. The van der Waals surface area contributed by atoms with Gasteiger partial charge in [0.2, 0.25) is 5.91 Å². The largest absolute Gasteiger partial charge is 0.389 e. The number of piperidine rings is 1. The molecule has 0 saturated carbocycles. The molecule has 2 aliphatic heterocycles. The molecule has 0 N–H and O–H groups in total. The van der Waals surface area contributed by atoms with Gasteiger partial charge in [0.1, 0.15) is 5.60 Å². The number of aryl methyl sites for hydroxylation is 1. The van der Waals surface area contributed by atoms with Crippen LogP contribution in [0.1, 0.15) is 43.2 Å². The first-order valence-electron chi connectivity index (χ1n) is 8.43. The van der Waals surface area contributed by atoms with Gasteiger partial charge in [0.05, 0.1) is 12.1 Å². The Morgan fingerprint density at radius 1 is 1.24 bits per heavy atom. The number of rotatable bonds is 3. The van der Waals surface area contributed by atoms with Crippen molar-refractivity contribution in [2.75, 3.05) is 13.1 Å². The third kappa shape index (κ3) is 4.32. The van der Waals surface area contributed by atoms with Gasteiger partial charge in [0.25, 0.3) is 0 Å². The van der Waals surface area contributed by atoms with Gasteiger partial charge in [-0.15, -0.1) is 0 Å². The van der Waals surface area contributed by atoms with Crippen LogP contribution in [0, 0.1) is 6.92 Å². The summed E-state index contributed by atoms with van der Waals surface area (Å²) < 4.78 is 36.7. The van der Waals surface area contributed by atoms with Crippen LogP contribution in [0.3, 0.4) is 0 Å². The number of benzene rings is 1. The van der Waals surface area contributed by atoms with Crippen LogP contribution in [0.15, 0.2) is 29.4 Å². The van der Waals surface area contributed by atoms with Gasteiger partial charge in [0, 0.05) is 38.8 Å². The van der Waals surface area contributed by atoms with Gasteiger partial charge in [-0.3, -0.25) is 4.79 Å². The molecule has 4 nitrogen and oxygen atoms in total. The monoisotopic (exact) mass is 354 g/mol. The van der Waals surface area contributed by atoms with Gasteiger partial charge < -0.3 is 9.74 Å². The van der Waals surface area contributed by atoms with Crippen LogP contribution >= 0.6 is 0 Å². The summed E-state index contributed by atoms with van der Waals surface area (Å²) in [7, 11) is 0. The molecule has 2 aliphatic rings. The molecular weight excluding hydrogens is 333 g/mol. The number of amides is 1. The van der Waals surface area contributed by atoms with E-state index in [0.717, 1.165) is 11.3 Å². The molecule has 0 unspecified atom stereocenters. The minimum absolute atomic E-state index is 0.410. The SMILES string of the molecule is Cc1ccc(C2=NOC3(CCN(C(=O)CCC(F)(F)F)CC3)C2)cc1. The Morgan fingerprint density at radius 2 is 1.88 bits per heavy atom. The molecule has 1 fully saturated rings. The number of carbonyl (C=O) groups is 1. The van der Waals surface area contributed by atoms with E-state index in [-0.39, 0.29) is 0 Å². The maximum absolute atomic E-state index is 12.2. The van der Waals surface area contributed by atoms with Crippen molar-refractivity contribution in [3.05, 3.63) is 35.4 Å². The number of hydrogen-bond acceptors (Lipinski definition) is 3. The second-order valence-electron chi connectivity index (χ2n) is 6.85. The van der Waals surface area contributed by atoms with Crippen molar-refractivity contribution in [1.82, 2.24) is 4.90 Å². The van der Waals surface area contributed by atoms with Crippen molar-refractivity contribution in [2.24, 2.45) is 5.16 Å². The van der Waals surface area contributed by atoms with E-state index < -0.39 is 30.5 Å². The molecule has 136 valence electrons. The summed E-state index contributed by atoms with van der Waals surface area (Å²) in [6.45, 7) is 2.84. The second kappa shape index (κ2) is 6.69. The lowest BCUT2D eigenvalue weighted by molar-refractivity contribution is -0.152. The number of oxime groups is 1. The Balaban J connectivity index is 1.53. The number of alkyl halides is 3. The van der Waals surface area contributed by atoms with Crippen molar-refractivity contribution in [2.45, 2.75) is 50.8 Å². The molecule has 1 saturated heterocycles. The predicted molar refractivity (Wildman–Crippen MR) is 87.3 cm³/mol. The Morgan fingerprint density at radius 3 is 2.48 bits per heavy atom. The highest BCUT2D eigenvalue weighted by Gasteiger charge is 2.43. The van der Waals surface area contributed by atoms with E-state index in [1.165, 1.54) is 10.5 Å². The van der Waals surface area contributed by atoms with E-state index in [1.54, 1.807) is 0 Å². The van der Waals surface area contributed by atoms with Crippen molar-refractivity contribution >= 4 is 11.6 Å². The number of likely N-dealkylation sites (tertiary alicyclic amines) is 1. The molecule has 1 aromatic carbocycles. The average Bonchev–Trinajstić information content (AvgIpc) is 2.97. The van der Waals surface area contributed by atoms with E-state index >= 15 is 0 Å². The van der Waals surface area contributed by atoms with Gasteiger partial charge in [0.15, 0.2) is 0 Å². The van der Waals surface area contributed by atoms with Gasteiger partial charge in [-0.2, -0.15) is 13.2 Å². The minimum Gasteiger partial charge on any atom is -0.388 e. The zero-order valence-corrected chi connectivity index (χ0v) is 14.1. The highest BCUT2D eigenvalue weighted by Crippen LogP contribution is 2.36. The van der Waals surface area contributed by atoms with Crippen LogP contribution in [0.25, 0.3) is 0 Å². The summed E-state index contributed by atoms with van der Waals surface area (Å²) in [6, 6.07) is 8.05. The predicted octanol–water partition coefficient (Wildman–Crippen LogP) is 3.82. The average molecular weight is 354 g/mol. The standard InChI is InChI=1S/C18H21F3N2O2/c1-13-2-4-14(5-3-13)15-12-17(25-22-15)8-10-23(11-9-17)16(24)6-7-18(19,20)21/h2-5H,6-12H2,1H3. The Bertz CT molecular complexity index is 660. The second-order valence-corrected chi connectivity index (χ2v) is 6.85. The molecule has 0 atom stereocenters. The summed E-state index contributed by atoms with van der Waals surface area (Å²) in [5, 5.41) is 4.22. The molecule has 25 heavy (non-hydrogen) atoms. The van der Waals surface area contributed by atoms with Crippen molar-refractivity contribution in [3.8, 4) is 0 Å². The zero-order valence-electron chi connectivity index (χ0n) is 14.1. The number of nitrogens with zero attached hydrogens (tertiary/aromatic N) is 2. The van der Waals surface area contributed by atoms with E-state index in [4.69, 9.17) is 4.84 Å². The maximum atomic E-state index is 12.2. The van der Waals surface area contributed by atoms with Crippen LogP contribution in [-0.4, -0.2) is 41.4 Å². The first-order chi connectivity index (χ1) is 11.8. The molecule has 7 heteroatoms. The van der Waals surface area contributed by atoms with Crippen LogP contribution in [0.5, 0.6) is 0 Å².